The molecule has 0 aliphatic heterocycles. The van der Waals surface area contributed by atoms with E-state index in [0.717, 1.165) is 11.1 Å². The first-order valence-corrected chi connectivity index (χ1v) is 10.8. The van der Waals surface area contributed by atoms with Gasteiger partial charge in [0.05, 0.1) is 6.54 Å². The zero-order valence-electron chi connectivity index (χ0n) is 18.4. The van der Waals surface area contributed by atoms with E-state index in [4.69, 9.17) is 4.42 Å². The fourth-order valence-corrected chi connectivity index (χ4v) is 3.37. The number of rotatable bonds is 8. The number of anilines is 1. The highest BCUT2D eigenvalue weighted by atomic mass is 19.1. The van der Waals surface area contributed by atoms with Crippen molar-refractivity contribution >= 4 is 17.6 Å². The summed E-state index contributed by atoms with van der Waals surface area (Å²) < 4.78 is 18.8. The van der Waals surface area contributed by atoms with E-state index in [9.17, 15) is 14.0 Å². The highest BCUT2D eigenvalue weighted by Gasteiger charge is 2.18. The zero-order valence-corrected chi connectivity index (χ0v) is 18.4. The van der Waals surface area contributed by atoms with E-state index in [1.54, 1.807) is 29.2 Å². The molecule has 4 rings (SSSR count). The van der Waals surface area contributed by atoms with Gasteiger partial charge < -0.3 is 20.0 Å². The van der Waals surface area contributed by atoms with Gasteiger partial charge in [-0.05, 0) is 47.5 Å². The van der Waals surface area contributed by atoms with Gasteiger partial charge in [-0.1, -0.05) is 60.7 Å². The van der Waals surface area contributed by atoms with Crippen LogP contribution in [0.4, 0.5) is 14.9 Å². The SMILES string of the molecule is O=C(NCc1ccc(F)cc1)c1ccc(CN(Cc2ccccc2)C(=O)Nc2ccccc2)o1. The Kier molecular flexibility index (Phi) is 7.35. The molecule has 0 saturated carbocycles. The molecular weight excluding hydrogens is 433 g/mol. The van der Waals surface area contributed by atoms with Gasteiger partial charge in [-0.15, -0.1) is 0 Å². The van der Waals surface area contributed by atoms with Crippen LogP contribution in [0.15, 0.2) is 101 Å². The van der Waals surface area contributed by atoms with Crippen molar-refractivity contribution in [1.82, 2.24) is 10.2 Å². The van der Waals surface area contributed by atoms with E-state index in [0.29, 0.717) is 18.0 Å². The molecule has 3 aromatic carbocycles. The summed E-state index contributed by atoms with van der Waals surface area (Å²) in [5.74, 6) is -0.104. The molecule has 1 heterocycles. The third-order valence-corrected chi connectivity index (χ3v) is 5.13. The molecular formula is C27H24FN3O3. The second-order valence-electron chi connectivity index (χ2n) is 7.71. The first-order chi connectivity index (χ1) is 16.6. The van der Waals surface area contributed by atoms with E-state index in [1.807, 2.05) is 60.7 Å². The predicted octanol–water partition coefficient (Wildman–Crippen LogP) is 5.58. The number of amides is 3. The Bertz CT molecular complexity index is 1220. The van der Waals surface area contributed by atoms with Gasteiger partial charge in [0.2, 0.25) is 0 Å². The number of furan rings is 1. The van der Waals surface area contributed by atoms with Crippen LogP contribution in [-0.2, 0) is 19.6 Å². The van der Waals surface area contributed by atoms with E-state index >= 15 is 0 Å². The van der Waals surface area contributed by atoms with Crippen LogP contribution in [0.1, 0.15) is 27.4 Å². The lowest BCUT2D eigenvalue weighted by Crippen LogP contribution is -2.34. The minimum absolute atomic E-state index is 0.139. The lowest BCUT2D eigenvalue weighted by molar-refractivity contribution is 0.0920. The third-order valence-electron chi connectivity index (χ3n) is 5.13. The smallest absolute Gasteiger partial charge is 0.322 e. The largest absolute Gasteiger partial charge is 0.454 e. The summed E-state index contributed by atoms with van der Waals surface area (Å²) in [6, 6.07) is 27.7. The van der Waals surface area contributed by atoms with Crippen molar-refractivity contribution in [2.75, 3.05) is 5.32 Å². The van der Waals surface area contributed by atoms with Crippen LogP contribution >= 0.6 is 0 Å². The minimum atomic E-state index is -0.390. The maximum atomic E-state index is 13.0. The van der Waals surface area contributed by atoms with Crippen molar-refractivity contribution in [3.05, 3.63) is 126 Å². The molecule has 34 heavy (non-hydrogen) atoms. The molecule has 0 atom stereocenters. The Morgan fingerprint density at radius 1 is 0.765 bits per heavy atom. The van der Waals surface area contributed by atoms with Gasteiger partial charge in [0.15, 0.2) is 5.76 Å². The van der Waals surface area contributed by atoms with E-state index in [1.165, 1.54) is 12.1 Å². The molecule has 0 saturated heterocycles. The molecule has 0 radical (unpaired) electrons. The average molecular weight is 458 g/mol. The van der Waals surface area contributed by atoms with Gasteiger partial charge in [-0.25, -0.2) is 9.18 Å². The molecule has 0 unspecified atom stereocenters. The number of nitrogens with zero attached hydrogens (tertiary/aromatic N) is 1. The first kappa shape index (κ1) is 22.8. The Morgan fingerprint density at radius 2 is 1.44 bits per heavy atom. The van der Waals surface area contributed by atoms with Gasteiger partial charge in [-0.2, -0.15) is 0 Å². The number of nitrogens with one attached hydrogen (secondary N) is 2. The average Bonchev–Trinajstić information content (AvgIpc) is 3.33. The highest BCUT2D eigenvalue weighted by molar-refractivity contribution is 5.91. The monoisotopic (exact) mass is 457 g/mol. The third kappa shape index (κ3) is 6.32. The van der Waals surface area contributed by atoms with Crippen LogP contribution in [0, 0.1) is 5.82 Å². The summed E-state index contributed by atoms with van der Waals surface area (Å²) in [4.78, 5) is 27.1. The van der Waals surface area contributed by atoms with Crippen LogP contribution < -0.4 is 10.6 Å². The lowest BCUT2D eigenvalue weighted by atomic mass is 10.2. The van der Waals surface area contributed by atoms with Crippen molar-refractivity contribution in [3.8, 4) is 0 Å². The van der Waals surface area contributed by atoms with Gasteiger partial charge in [-0.3, -0.25) is 4.79 Å². The summed E-state index contributed by atoms with van der Waals surface area (Å²) in [6.45, 7) is 0.792. The van der Waals surface area contributed by atoms with Crippen molar-refractivity contribution in [3.63, 3.8) is 0 Å². The lowest BCUT2D eigenvalue weighted by Gasteiger charge is -2.22. The van der Waals surface area contributed by atoms with Crippen LogP contribution in [0.2, 0.25) is 0 Å². The van der Waals surface area contributed by atoms with Crippen LogP contribution in [-0.4, -0.2) is 16.8 Å². The zero-order chi connectivity index (χ0) is 23.8. The van der Waals surface area contributed by atoms with E-state index in [2.05, 4.69) is 10.6 Å². The van der Waals surface area contributed by atoms with Crippen molar-refractivity contribution in [2.45, 2.75) is 19.6 Å². The standard InChI is InChI=1S/C27H24FN3O3/c28-22-13-11-20(12-14-22)17-29-26(32)25-16-15-24(34-25)19-31(18-21-7-3-1-4-8-21)27(33)30-23-9-5-2-6-10-23/h1-16H,17-19H2,(H,29,32)(H,30,33). The number of hydrogen-bond donors (Lipinski definition) is 2. The maximum absolute atomic E-state index is 13.0. The first-order valence-electron chi connectivity index (χ1n) is 10.8. The molecule has 0 fully saturated rings. The number of para-hydroxylation sites is 1. The van der Waals surface area contributed by atoms with Gasteiger partial charge in [0.25, 0.3) is 5.91 Å². The molecule has 3 amide bonds. The predicted molar refractivity (Wildman–Crippen MR) is 127 cm³/mol. The van der Waals surface area contributed by atoms with Gasteiger partial charge in [0, 0.05) is 18.8 Å². The molecule has 6 nitrogen and oxygen atoms in total. The summed E-state index contributed by atoms with van der Waals surface area (Å²) >= 11 is 0. The molecule has 2 N–H and O–H groups in total. The molecule has 172 valence electrons. The second-order valence-corrected chi connectivity index (χ2v) is 7.71. The van der Waals surface area contributed by atoms with Crippen LogP contribution in [0.3, 0.4) is 0 Å². The summed E-state index contributed by atoms with van der Waals surface area (Å²) in [5, 5.41) is 5.64. The van der Waals surface area contributed by atoms with E-state index < -0.39 is 0 Å². The Hall–Kier alpha value is -4.39. The number of benzene rings is 3. The topological polar surface area (TPSA) is 74.6 Å². The molecule has 0 spiro atoms. The molecule has 0 aliphatic carbocycles. The molecule has 0 aliphatic rings. The second kappa shape index (κ2) is 11.0. The fourth-order valence-electron chi connectivity index (χ4n) is 3.37. The Labute approximate surface area is 197 Å². The minimum Gasteiger partial charge on any atom is -0.454 e. The number of halogens is 1. The highest BCUT2D eigenvalue weighted by Crippen LogP contribution is 2.16. The number of hydrogen-bond acceptors (Lipinski definition) is 3. The summed E-state index contributed by atoms with van der Waals surface area (Å²) in [6.07, 6.45) is 0. The quantitative estimate of drug-likeness (QED) is 0.363. The Balaban J connectivity index is 1.42. The Morgan fingerprint density at radius 3 is 2.15 bits per heavy atom. The molecule has 4 aromatic rings. The number of carbonyl (C=O) groups excluding carboxylic acids is 2. The van der Waals surface area contributed by atoms with Gasteiger partial charge >= 0.3 is 6.03 Å². The van der Waals surface area contributed by atoms with Gasteiger partial charge in [0.1, 0.15) is 11.6 Å². The van der Waals surface area contributed by atoms with E-state index in [-0.39, 0.29) is 36.6 Å². The molecule has 7 heteroatoms. The fraction of sp³-hybridized carbons (Fsp3) is 0.111. The van der Waals surface area contributed by atoms with Crippen LogP contribution in [0.25, 0.3) is 0 Å². The normalized spacial score (nSPS) is 10.5. The summed E-state index contributed by atoms with van der Waals surface area (Å²) in [7, 11) is 0. The molecule has 1 aromatic heterocycles. The number of urea groups is 1. The molecule has 0 bridgehead atoms. The van der Waals surface area contributed by atoms with Crippen LogP contribution in [0.5, 0.6) is 0 Å². The van der Waals surface area contributed by atoms with Crippen molar-refractivity contribution in [2.24, 2.45) is 0 Å². The van der Waals surface area contributed by atoms with Crippen molar-refractivity contribution < 1.29 is 18.4 Å². The number of carbonyl (C=O) groups is 2. The van der Waals surface area contributed by atoms with Crippen molar-refractivity contribution in [1.29, 1.82) is 0 Å². The maximum Gasteiger partial charge on any atom is 0.322 e. The summed E-state index contributed by atoms with van der Waals surface area (Å²) in [5.41, 5.74) is 2.42.